The van der Waals surface area contributed by atoms with Crippen LogP contribution in [0, 0.1) is 0 Å². The molecule has 0 saturated heterocycles. The minimum atomic E-state index is 0.256. The summed E-state index contributed by atoms with van der Waals surface area (Å²) < 4.78 is 6.09. The number of benzene rings is 1. The summed E-state index contributed by atoms with van der Waals surface area (Å²) in [6.45, 7) is 4.30. The maximum absolute atomic E-state index is 5.97. The largest absolute Gasteiger partial charge is 0.497 e. The Labute approximate surface area is 123 Å². The smallest absolute Gasteiger partial charge is 0.119 e. The van der Waals surface area contributed by atoms with Gasteiger partial charge in [0.1, 0.15) is 5.75 Å². The Morgan fingerprint density at radius 2 is 1.95 bits per heavy atom. The lowest BCUT2D eigenvalue weighted by Gasteiger charge is -2.20. The third kappa shape index (κ3) is 3.72. The molecule has 0 spiro atoms. The molecule has 0 aliphatic heterocycles. The summed E-state index contributed by atoms with van der Waals surface area (Å²) in [6, 6.07) is 12.7. The second kappa shape index (κ2) is 6.42. The van der Waals surface area contributed by atoms with Gasteiger partial charge in [0.15, 0.2) is 0 Å². The van der Waals surface area contributed by atoms with Crippen molar-refractivity contribution in [3.05, 3.63) is 51.2 Å². The molecule has 0 amide bonds. The van der Waals surface area contributed by atoms with Crippen molar-refractivity contribution >= 4 is 22.9 Å². The summed E-state index contributed by atoms with van der Waals surface area (Å²) in [5.74, 6) is 0.887. The molecule has 0 radical (unpaired) electrons. The molecule has 0 bridgehead atoms. The molecule has 4 heteroatoms. The molecule has 0 aliphatic rings. The zero-order chi connectivity index (χ0) is 13.8. The predicted molar refractivity (Wildman–Crippen MR) is 82.3 cm³/mol. The third-order valence-corrected chi connectivity index (χ3v) is 4.53. The summed E-state index contributed by atoms with van der Waals surface area (Å²) in [4.78, 5) is 1.25. The molecule has 102 valence electrons. The maximum Gasteiger partial charge on any atom is 0.119 e. The first-order valence-electron chi connectivity index (χ1n) is 6.25. The zero-order valence-electron chi connectivity index (χ0n) is 11.3. The van der Waals surface area contributed by atoms with Crippen LogP contribution in [0.15, 0.2) is 36.4 Å². The number of hydrogen-bond acceptors (Lipinski definition) is 3. The number of nitrogens with one attached hydrogen (secondary N) is 1. The number of thiophene rings is 1. The average molecular weight is 296 g/mol. The van der Waals surface area contributed by atoms with Crippen molar-refractivity contribution in [3.8, 4) is 5.75 Å². The van der Waals surface area contributed by atoms with Crippen LogP contribution in [0.5, 0.6) is 5.75 Å². The lowest BCUT2D eigenvalue weighted by Crippen LogP contribution is -2.21. The van der Waals surface area contributed by atoms with Gasteiger partial charge in [-0.1, -0.05) is 23.7 Å². The highest BCUT2D eigenvalue weighted by Crippen LogP contribution is 2.29. The molecule has 0 fully saturated rings. The van der Waals surface area contributed by atoms with Gasteiger partial charge in [-0.25, -0.2) is 0 Å². The SMILES string of the molecule is COc1cccc([C@H](C)NC(C)c2ccc(Cl)s2)c1. The summed E-state index contributed by atoms with van der Waals surface area (Å²) in [5, 5.41) is 3.57. The molecular weight excluding hydrogens is 278 g/mol. The average Bonchev–Trinajstić information content (AvgIpc) is 2.85. The second-order valence-electron chi connectivity index (χ2n) is 4.53. The number of methoxy groups -OCH3 is 1. The molecule has 0 saturated carbocycles. The zero-order valence-corrected chi connectivity index (χ0v) is 12.9. The van der Waals surface area contributed by atoms with E-state index in [9.17, 15) is 0 Å². The number of ether oxygens (including phenoxy) is 1. The van der Waals surface area contributed by atoms with Crippen molar-refractivity contribution in [2.45, 2.75) is 25.9 Å². The van der Waals surface area contributed by atoms with Crippen molar-refractivity contribution in [2.24, 2.45) is 0 Å². The first-order chi connectivity index (χ1) is 9.10. The Balaban J connectivity index is 2.05. The predicted octanol–water partition coefficient (Wildman–Crippen LogP) is 4.82. The van der Waals surface area contributed by atoms with Gasteiger partial charge in [-0.2, -0.15) is 0 Å². The summed E-state index contributed by atoms with van der Waals surface area (Å²) in [6.07, 6.45) is 0. The van der Waals surface area contributed by atoms with E-state index < -0.39 is 0 Å². The van der Waals surface area contributed by atoms with Gasteiger partial charge >= 0.3 is 0 Å². The molecule has 1 N–H and O–H groups in total. The molecule has 1 heterocycles. The fourth-order valence-electron chi connectivity index (χ4n) is 2.03. The minimum absolute atomic E-state index is 0.256. The van der Waals surface area contributed by atoms with Crippen molar-refractivity contribution in [3.63, 3.8) is 0 Å². The van der Waals surface area contributed by atoms with Gasteiger partial charge in [0.2, 0.25) is 0 Å². The first kappa shape index (κ1) is 14.4. The van der Waals surface area contributed by atoms with Crippen molar-refractivity contribution < 1.29 is 4.74 Å². The Bertz CT molecular complexity index is 540. The third-order valence-electron chi connectivity index (χ3n) is 3.11. The summed E-state index contributed by atoms with van der Waals surface area (Å²) in [7, 11) is 1.69. The highest BCUT2D eigenvalue weighted by Gasteiger charge is 2.13. The van der Waals surface area contributed by atoms with E-state index in [0.29, 0.717) is 0 Å². The van der Waals surface area contributed by atoms with Crippen LogP contribution in [-0.2, 0) is 0 Å². The van der Waals surface area contributed by atoms with E-state index in [1.165, 1.54) is 10.4 Å². The van der Waals surface area contributed by atoms with Crippen LogP contribution in [0.25, 0.3) is 0 Å². The van der Waals surface area contributed by atoms with Crippen molar-refractivity contribution in [2.75, 3.05) is 7.11 Å². The van der Waals surface area contributed by atoms with Gasteiger partial charge < -0.3 is 10.1 Å². The number of rotatable bonds is 5. The standard InChI is InChI=1S/C15H18ClNOS/c1-10(12-5-4-6-13(9-12)18-3)17-11(2)14-7-8-15(16)19-14/h4-11,17H,1-3H3/t10-,11?/m0/s1. The lowest BCUT2D eigenvalue weighted by atomic mass is 10.1. The molecule has 2 aromatic rings. The molecule has 0 aliphatic carbocycles. The minimum Gasteiger partial charge on any atom is -0.497 e. The summed E-state index contributed by atoms with van der Waals surface area (Å²) in [5.41, 5.74) is 1.22. The van der Waals surface area contributed by atoms with Crippen LogP contribution in [0.3, 0.4) is 0 Å². The van der Waals surface area contributed by atoms with E-state index in [1.807, 2.05) is 18.2 Å². The van der Waals surface area contributed by atoms with E-state index >= 15 is 0 Å². The topological polar surface area (TPSA) is 21.3 Å². The first-order valence-corrected chi connectivity index (χ1v) is 7.45. The Morgan fingerprint density at radius 3 is 2.58 bits per heavy atom. The van der Waals surface area contributed by atoms with Gasteiger partial charge in [0.05, 0.1) is 11.4 Å². The fraction of sp³-hybridized carbons (Fsp3) is 0.333. The normalized spacial score (nSPS) is 14.1. The molecule has 2 nitrogen and oxygen atoms in total. The van der Waals surface area contributed by atoms with Crippen LogP contribution in [-0.4, -0.2) is 7.11 Å². The van der Waals surface area contributed by atoms with E-state index in [4.69, 9.17) is 16.3 Å². The van der Waals surface area contributed by atoms with Gasteiger partial charge in [-0.15, -0.1) is 11.3 Å². The number of halogens is 1. The molecule has 1 aromatic carbocycles. The molecule has 1 aromatic heterocycles. The van der Waals surface area contributed by atoms with Gasteiger partial charge in [-0.05, 0) is 43.7 Å². The van der Waals surface area contributed by atoms with Crippen LogP contribution in [0.1, 0.15) is 36.4 Å². The fourth-order valence-corrected chi connectivity index (χ4v) is 3.10. The van der Waals surface area contributed by atoms with E-state index in [2.05, 4.69) is 37.4 Å². The van der Waals surface area contributed by atoms with Crippen LogP contribution >= 0.6 is 22.9 Å². The molecule has 2 rings (SSSR count). The lowest BCUT2D eigenvalue weighted by molar-refractivity contribution is 0.412. The molecule has 19 heavy (non-hydrogen) atoms. The van der Waals surface area contributed by atoms with E-state index in [1.54, 1.807) is 18.4 Å². The molecule has 1 unspecified atom stereocenters. The Hall–Kier alpha value is -1.03. The van der Waals surface area contributed by atoms with Crippen LogP contribution < -0.4 is 10.1 Å². The van der Waals surface area contributed by atoms with E-state index in [0.717, 1.165) is 10.1 Å². The van der Waals surface area contributed by atoms with Crippen LogP contribution in [0.4, 0.5) is 0 Å². The van der Waals surface area contributed by atoms with E-state index in [-0.39, 0.29) is 12.1 Å². The van der Waals surface area contributed by atoms with Crippen molar-refractivity contribution in [1.29, 1.82) is 0 Å². The molecule has 2 atom stereocenters. The van der Waals surface area contributed by atoms with Gasteiger partial charge in [0.25, 0.3) is 0 Å². The highest BCUT2D eigenvalue weighted by atomic mass is 35.5. The second-order valence-corrected chi connectivity index (χ2v) is 6.28. The van der Waals surface area contributed by atoms with Crippen molar-refractivity contribution in [1.82, 2.24) is 5.32 Å². The number of hydrogen-bond donors (Lipinski definition) is 1. The Kier molecular flexibility index (Phi) is 4.86. The quantitative estimate of drug-likeness (QED) is 0.853. The van der Waals surface area contributed by atoms with Crippen LogP contribution in [0.2, 0.25) is 4.34 Å². The van der Waals surface area contributed by atoms with Gasteiger partial charge in [-0.3, -0.25) is 0 Å². The van der Waals surface area contributed by atoms with Gasteiger partial charge in [0, 0.05) is 17.0 Å². The molecular formula is C15H18ClNOS. The summed E-state index contributed by atoms with van der Waals surface area (Å²) >= 11 is 7.59. The Morgan fingerprint density at radius 1 is 1.16 bits per heavy atom. The maximum atomic E-state index is 5.97. The highest BCUT2D eigenvalue weighted by molar-refractivity contribution is 7.16. The monoisotopic (exact) mass is 295 g/mol.